The Morgan fingerprint density at radius 2 is 0.939 bits per heavy atom. The maximum atomic E-state index is 10.4. The van der Waals surface area contributed by atoms with E-state index in [2.05, 4.69) is 24.3 Å². The van der Waals surface area contributed by atoms with Crippen molar-refractivity contribution in [2.24, 2.45) is 0 Å². The standard InChI is InChI=1S/2C7H8O3S.2C5H5.Zr/c2*1-6-2-4-7(5-3-6)11(8,9)10;2*1-2-4-5-3-1;/h2*2-5H,1H3,(H,8,9,10);2*1-3H,4H2;/q;;2*-1;+4/p-2. The van der Waals surface area contributed by atoms with Gasteiger partial charge < -0.3 is 9.11 Å². The average molecular weight is 564 g/mol. The second-order valence-electron chi connectivity index (χ2n) is 6.54. The molecule has 0 aromatic heterocycles. The smallest absolute Gasteiger partial charge is 0.744 e. The third-order valence-electron chi connectivity index (χ3n) is 3.79. The van der Waals surface area contributed by atoms with Gasteiger partial charge in [-0.1, -0.05) is 35.4 Å². The zero-order valence-electron chi connectivity index (χ0n) is 18.3. The number of rotatable bonds is 2. The molecular formula is C24H24O6S2Zr. The number of benzene rings is 2. The molecule has 0 aliphatic heterocycles. The van der Waals surface area contributed by atoms with E-state index in [0.717, 1.165) is 24.0 Å². The second-order valence-corrected chi connectivity index (χ2v) is 9.30. The molecule has 9 heteroatoms. The van der Waals surface area contributed by atoms with Gasteiger partial charge in [0.1, 0.15) is 20.2 Å². The molecule has 0 amide bonds. The molecule has 0 heterocycles. The van der Waals surface area contributed by atoms with Crippen LogP contribution in [0.2, 0.25) is 0 Å². The SMILES string of the molecule is Cc1ccc(S(=O)(=O)[O-])cc1.Cc1ccc(S(=O)(=O)[O-])cc1.[C-]1=CC=CC1.[C-]1=CC=CC1.[Zr+4]. The average Bonchev–Trinajstić information content (AvgIpc) is 3.47. The Morgan fingerprint density at radius 1 is 0.636 bits per heavy atom. The first kappa shape index (κ1) is 31.1. The van der Waals surface area contributed by atoms with Gasteiger partial charge in [-0.15, -0.1) is 12.8 Å². The van der Waals surface area contributed by atoms with E-state index in [9.17, 15) is 25.9 Å². The van der Waals surface area contributed by atoms with Gasteiger partial charge in [-0.05, 0) is 38.1 Å². The molecule has 2 aliphatic rings. The van der Waals surface area contributed by atoms with Crippen LogP contribution in [0.3, 0.4) is 0 Å². The summed E-state index contributed by atoms with van der Waals surface area (Å²) in [6.07, 6.45) is 20.0. The summed E-state index contributed by atoms with van der Waals surface area (Å²) in [5.41, 5.74) is 1.86. The van der Waals surface area contributed by atoms with Crippen LogP contribution in [0, 0.1) is 26.0 Å². The van der Waals surface area contributed by atoms with Crippen molar-refractivity contribution in [1.29, 1.82) is 0 Å². The number of hydrogen-bond acceptors (Lipinski definition) is 6. The summed E-state index contributed by atoms with van der Waals surface area (Å²) >= 11 is 0. The molecule has 0 saturated carbocycles. The van der Waals surface area contributed by atoms with Gasteiger partial charge in [0.15, 0.2) is 0 Å². The molecule has 6 nitrogen and oxygen atoms in total. The quantitative estimate of drug-likeness (QED) is 0.395. The van der Waals surface area contributed by atoms with Crippen LogP contribution in [0.1, 0.15) is 24.0 Å². The normalized spacial score (nSPS) is 13.0. The predicted molar refractivity (Wildman–Crippen MR) is 121 cm³/mol. The molecule has 172 valence electrons. The molecule has 33 heavy (non-hydrogen) atoms. The summed E-state index contributed by atoms with van der Waals surface area (Å²) in [7, 11) is -8.54. The fourth-order valence-corrected chi connectivity index (χ4v) is 3.03. The van der Waals surface area contributed by atoms with Crippen molar-refractivity contribution in [1.82, 2.24) is 0 Å². The van der Waals surface area contributed by atoms with Crippen molar-refractivity contribution in [3.63, 3.8) is 0 Å². The topological polar surface area (TPSA) is 114 Å². The van der Waals surface area contributed by atoms with Crippen LogP contribution in [0.15, 0.2) is 94.8 Å². The maximum Gasteiger partial charge on any atom is 4.00 e. The van der Waals surface area contributed by atoms with Crippen molar-refractivity contribution in [3.8, 4) is 0 Å². The monoisotopic (exact) mass is 562 g/mol. The summed E-state index contributed by atoms with van der Waals surface area (Å²) in [6, 6.07) is 11.6. The number of allylic oxidation sites excluding steroid dienone is 8. The molecule has 0 unspecified atom stereocenters. The molecule has 0 saturated heterocycles. The third kappa shape index (κ3) is 14.8. The van der Waals surface area contributed by atoms with Gasteiger partial charge in [-0.3, -0.25) is 12.2 Å². The van der Waals surface area contributed by atoms with Gasteiger partial charge in [0.05, 0.1) is 9.79 Å². The number of hydrogen-bond donors (Lipinski definition) is 0. The molecule has 0 fully saturated rings. The van der Waals surface area contributed by atoms with Crippen molar-refractivity contribution in [2.45, 2.75) is 36.5 Å². The summed E-state index contributed by atoms with van der Waals surface area (Å²) in [4.78, 5) is -0.355. The second kappa shape index (κ2) is 15.9. The minimum atomic E-state index is -4.27. The Kier molecular flexibility index (Phi) is 14.9. The Bertz CT molecular complexity index is 1040. The van der Waals surface area contributed by atoms with Crippen molar-refractivity contribution in [2.75, 3.05) is 0 Å². The van der Waals surface area contributed by atoms with E-state index in [1.54, 1.807) is 24.3 Å². The van der Waals surface area contributed by atoms with E-state index in [1.807, 2.05) is 38.2 Å². The molecule has 2 aromatic rings. The largest absolute Gasteiger partial charge is 4.00 e. The first-order chi connectivity index (χ1) is 15.0. The predicted octanol–water partition coefficient (Wildman–Crippen LogP) is 4.41. The summed E-state index contributed by atoms with van der Waals surface area (Å²) in [5.74, 6) is 0. The van der Waals surface area contributed by atoms with Crippen LogP contribution in [-0.4, -0.2) is 25.9 Å². The van der Waals surface area contributed by atoms with Crippen molar-refractivity contribution < 1.29 is 52.1 Å². The van der Waals surface area contributed by atoms with E-state index in [0.29, 0.717) is 0 Å². The zero-order chi connectivity index (χ0) is 24.0. The number of aryl methyl sites for hydroxylation is 2. The summed E-state index contributed by atoms with van der Waals surface area (Å²) in [5, 5.41) is 0. The Labute approximate surface area is 216 Å². The summed E-state index contributed by atoms with van der Waals surface area (Å²) < 4.78 is 62.3. The van der Waals surface area contributed by atoms with Gasteiger partial charge in [0.2, 0.25) is 0 Å². The molecule has 2 aromatic carbocycles. The summed E-state index contributed by atoms with van der Waals surface area (Å²) in [6.45, 7) is 3.64. The molecular weight excluding hydrogens is 540 g/mol. The van der Waals surface area contributed by atoms with E-state index < -0.39 is 20.2 Å². The van der Waals surface area contributed by atoms with Gasteiger partial charge in [-0.2, -0.15) is 12.2 Å². The Hall–Kier alpha value is -1.90. The first-order valence-electron chi connectivity index (χ1n) is 9.49. The minimum Gasteiger partial charge on any atom is -0.744 e. The molecule has 2 aliphatic carbocycles. The molecule has 0 radical (unpaired) electrons. The van der Waals surface area contributed by atoms with Gasteiger partial charge in [0, 0.05) is 0 Å². The van der Waals surface area contributed by atoms with Crippen LogP contribution in [0.4, 0.5) is 0 Å². The Balaban J connectivity index is 0.000000434. The van der Waals surface area contributed by atoms with E-state index in [-0.39, 0.29) is 36.0 Å². The van der Waals surface area contributed by atoms with Gasteiger partial charge >= 0.3 is 26.2 Å². The van der Waals surface area contributed by atoms with Crippen LogP contribution >= 0.6 is 0 Å². The Morgan fingerprint density at radius 3 is 1.09 bits per heavy atom. The van der Waals surface area contributed by atoms with E-state index in [4.69, 9.17) is 0 Å². The van der Waals surface area contributed by atoms with Crippen molar-refractivity contribution >= 4 is 20.2 Å². The molecule has 0 bridgehead atoms. The van der Waals surface area contributed by atoms with Crippen LogP contribution in [0.5, 0.6) is 0 Å². The molecule has 0 N–H and O–H groups in total. The van der Waals surface area contributed by atoms with Crippen LogP contribution < -0.4 is 0 Å². The van der Waals surface area contributed by atoms with Crippen LogP contribution in [0.25, 0.3) is 0 Å². The van der Waals surface area contributed by atoms with Gasteiger partial charge in [0.25, 0.3) is 0 Å². The third-order valence-corrected chi connectivity index (χ3v) is 5.49. The van der Waals surface area contributed by atoms with Crippen molar-refractivity contribution in [3.05, 3.63) is 108 Å². The zero-order valence-corrected chi connectivity index (χ0v) is 22.4. The molecule has 0 atom stereocenters. The molecule has 4 rings (SSSR count). The molecule has 0 spiro atoms. The maximum absolute atomic E-state index is 10.4. The van der Waals surface area contributed by atoms with E-state index in [1.165, 1.54) is 24.3 Å². The minimum absolute atomic E-state index is 0. The fourth-order valence-electron chi connectivity index (χ4n) is 2.09. The fraction of sp³-hybridized carbons (Fsp3) is 0.167. The van der Waals surface area contributed by atoms with Crippen LogP contribution in [-0.2, 0) is 46.4 Å². The van der Waals surface area contributed by atoms with E-state index >= 15 is 0 Å². The van der Waals surface area contributed by atoms with Gasteiger partial charge in [-0.25, -0.2) is 41.1 Å². The first-order valence-corrected chi connectivity index (χ1v) is 12.3.